The first-order valence-corrected chi connectivity index (χ1v) is 7.82. The SMILES string of the molecule is CCCCOC(=O)COc1ccc(CNCCC)cc1Cl. The van der Waals surface area contributed by atoms with E-state index in [1.54, 1.807) is 6.07 Å². The molecule has 1 rings (SSSR count). The van der Waals surface area contributed by atoms with Gasteiger partial charge in [-0.1, -0.05) is 37.9 Å². The number of benzene rings is 1. The van der Waals surface area contributed by atoms with Crippen LogP contribution in [0, 0.1) is 0 Å². The highest BCUT2D eigenvalue weighted by molar-refractivity contribution is 6.32. The van der Waals surface area contributed by atoms with Gasteiger partial charge in [0.05, 0.1) is 11.6 Å². The summed E-state index contributed by atoms with van der Waals surface area (Å²) in [4.78, 5) is 11.4. The standard InChI is InChI=1S/C16H24ClNO3/c1-3-5-9-20-16(19)12-21-15-7-6-13(10-14(15)17)11-18-8-4-2/h6-7,10,18H,3-5,8-9,11-12H2,1-2H3. The topological polar surface area (TPSA) is 47.6 Å². The summed E-state index contributed by atoms with van der Waals surface area (Å²) in [6.07, 6.45) is 2.95. The molecule has 0 radical (unpaired) electrons. The lowest BCUT2D eigenvalue weighted by Crippen LogP contribution is -2.16. The number of carbonyl (C=O) groups excluding carboxylic acids is 1. The highest BCUT2D eigenvalue weighted by Gasteiger charge is 2.07. The minimum absolute atomic E-state index is 0.114. The second-order valence-corrected chi connectivity index (χ2v) is 5.21. The van der Waals surface area contributed by atoms with Crippen LogP contribution in [0.4, 0.5) is 0 Å². The fraction of sp³-hybridized carbons (Fsp3) is 0.562. The van der Waals surface area contributed by atoms with Crippen molar-refractivity contribution in [3.63, 3.8) is 0 Å². The van der Waals surface area contributed by atoms with Crippen molar-refractivity contribution >= 4 is 17.6 Å². The Kier molecular flexibility index (Phi) is 8.87. The van der Waals surface area contributed by atoms with Crippen molar-refractivity contribution in [3.8, 4) is 5.75 Å². The average molecular weight is 314 g/mol. The van der Waals surface area contributed by atoms with E-state index < -0.39 is 0 Å². The van der Waals surface area contributed by atoms with Crippen LogP contribution in [-0.2, 0) is 16.1 Å². The Morgan fingerprint density at radius 1 is 1.29 bits per heavy atom. The van der Waals surface area contributed by atoms with Crippen LogP contribution in [0.15, 0.2) is 18.2 Å². The van der Waals surface area contributed by atoms with Crippen molar-refractivity contribution in [1.29, 1.82) is 0 Å². The molecule has 0 amide bonds. The molecule has 0 atom stereocenters. The lowest BCUT2D eigenvalue weighted by atomic mass is 10.2. The fourth-order valence-electron chi connectivity index (χ4n) is 1.69. The summed E-state index contributed by atoms with van der Waals surface area (Å²) in [5.41, 5.74) is 1.09. The molecule has 0 spiro atoms. The number of rotatable bonds is 10. The summed E-state index contributed by atoms with van der Waals surface area (Å²) in [6.45, 7) is 6.23. The van der Waals surface area contributed by atoms with E-state index in [2.05, 4.69) is 12.2 Å². The van der Waals surface area contributed by atoms with Gasteiger partial charge in [0.2, 0.25) is 0 Å². The van der Waals surface area contributed by atoms with E-state index in [9.17, 15) is 4.79 Å². The van der Waals surface area contributed by atoms with Crippen LogP contribution in [0.25, 0.3) is 0 Å². The Morgan fingerprint density at radius 2 is 2.10 bits per heavy atom. The van der Waals surface area contributed by atoms with Crippen LogP contribution in [0.3, 0.4) is 0 Å². The molecule has 1 aromatic carbocycles. The van der Waals surface area contributed by atoms with Gasteiger partial charge in [-0.15, -0.1) is 0 Å². The van der Waals surface area contributed by atoms with Crippen LogP contribution in [0.5, 0.6) is 5.75 Å². The van der Waals surface area contributed by atoms with E-state index >= 15 is 0 Å². The van der Waals surface area contributed by atoms with E-state index in [4.69, 9.17) is 21.1 Å². The van der Waals surface area contributed by atoms with E-state index in [-0.39, 0.29) is 12.6 Å². The fourth-order valence-corrected chi connectivity index (χ4v) is 1.95. The maximum absolute atomic E-state index is 11.4. The maximum Gasteiger partial charge on any atom is 0.344 e. The third-order valence-corrected chi connectivity index (χ3v) is 3.15. The third kappa shape index (κ3) is 7.34. The van der Waals surface area contributed by atoms with Crippen LogP contribution >= 0.6 is 11.6 Å². The van der Waals surface area contributed by atoms with Crippen LogP contribution < -0.4 is 10.1 Å². The van der Waals surface area contributed by atoms with Gasteiger partial charge in [0.25, 0.3) is 0 Å². The molecule has 0 aliphatic rings. The summed E-state index contributed by atoms with van der Waals surface area (Å²) in [5.74, 6) is 0.136. The van der Waals surface area contributed by atoms with Gasteiger partial charge in [0.15, 0.2) is 6.61 Å². The molecule has 1 N–H and O–H groups in total. The number of unbranched alkanes of at least 4 members (excludes halogenated alkanes) is 1. The van der Waals surface area contributed by atoms with Crippen LogP contribution in [0.1, 0.15) is 38.7 Å². The monoisotopic (exact) mass is 313 g/mol. The number of hydrogen-bond donors (Lipinski definition) is 1. The Balaban J connectivity index is 2.39. The predicted molar refractivity (Wildman–Crippen MR) is 84.8 cm³/mol. The van der Waals surface area contributed by atoms with Gasteiger partial charge in [-0.2, -0.15) is 0 Å². The first kappa shape index (κ1) is 17.8. The highest BCUT2D eigenvalue weighted by atomic mass is 35.5. The van der Waals surface area contributed by atoms with Gasteiger partial charge in [-0.05, 0) is 37.1 Å². The first-order chi connectivity index (χ1) is 10.2. The summed E-state index contributed by atoms with van der Waals surface area (Å²) in [5, 5.41) is 3.81. The minimum Gasteiger partial charge on any atom is -0.480 e. The molecule has 4 nitrogen and oxygen atoms in total. The van der Waals surface area contributed by atoms with E-state index in [0.29, 0.717) is 17.4 Å². The summed E-state index contributed by atoms with van der Waals surface area (Å²) in [6, 6.07) is 5.57. The van der Waals surface area contributed by atoms with E-state index in [1.165, 1.54) is 0 Å². The molecule has 0 aliphatic heterocycles. The van der Waals surface area contributed by atoms with Gasteiger partial charge < -0.3 is 14.8 Å². The van der Waals surface area contributed by atoms with Crippen molar-refractivity contribution in [2.45, 2.75) is 39.7 Å². The Bertz CT molecular complexity index is 438. The molecular weight excluding hydrogens is 290 g/mol. The zero-order valence-corrected chi connectivity index (χ0v) is 13.5. The molecule has 1 aromatic rings. The summed E-state index contributed by atoms with van der Waals surface area (Å²) in [7, 11) is 0. The van der Waals surface area contributed by atoms with Crippen LogP contribution in [-0.4, -0.2) is 25.7 Å². The summed E-state index contributed by atoms with van der Waals surface area (Å²) >= 11 is 6.15. The molecule has 21 heavy (non-hydrogen) atoms. The quantitative estimate of drug-likeness (QED) is 0.530. The van der Waals surface area contributed by atoms with Crippen molar-refractivity contribution in [3.05, 3.63) is 28.8 Å². The van der Waals surface area contributed by atoms with Gasteiger partial charge in [-0.3, -0.25) is 0 Å². The van der Waals surface area contributed by atoms with Crippen molar-refractivity contribution in [2.75, 3.05) is 19.8 Å². The van der Waals surface area contributed by atoms with Crippen molar-refractivity contribution < 1.29 is 14.3 Å². The number of nitrogens with one attached hydrogen (secondary N) is 1. The van der Waals surface area contributed by atoms with Gasteiger partial charge in [-0.25, -0.2) is 4.79 Å². The lowest BCUT2D eigenvalue weighted by molar-refractivity contribution is -0.146. The molecule has 0 unspecified atom stereocenters. The number of esters is 1. The number of carbonyl (C=O) groups is 1. The molecule has 0 fully saturated rings. The Hall–Kier alpha value is -1.26. The molecular formula is C16H24ClNO3. The van der Waals surface area contributed by atoms with Crippen molar-refractivity contribution in [1.82, 2.24) is 5.32 Å². The van der Waals surface area contributed by atoms with Crippen LogP contribution in [0.2, 0.25) is 5.02 Å². The lowest BCUT2D eigenvalue weighted by Gasteiger charge is -2.10. The molecule has 0 saturated heterocycles. The van der Waals surface area contributed by atoms with Gasteiger partial charge in [0, 0.05) is 6.54 Å². The Morgan fingerprint density at radius 3 is 2.76 bits per heavy atom. The number of hydrogen-bond acceptors (Lipinski definition) is 4. The van der Waals surface area contributed by atoms with Gasteiger partial charge >= 0.3 is 5.97 Å². The second kappa shape index (κ2) is 10.5. The molecule has 5 heteroatoms. The average Bonchev–Trinajstić information content (AvgIpc) is 2.47. The summed E-state index contributed by atoms with van der Waals surface area (Å²) < 4.78 is 10.4. The second-order valence-electron chi connectivity index (χ2n) is 4.80. The number of halogens is 1. The molecule has 0 aliphatic carbocycles. The van der Waals surface area contributed by atoms with E-state index in [1.807, 2.05) is 19.1 Å². The molecule has 118 valence electrons. The zero-order chi connectivity index (χ0) is 15.5. The molecule has 0 bridgehead atoms. The smallest absolute Gasteiger partial charge is 0.344 e. The first-order valence-electron chi connectivity index (χ1n) is 7.45. The largest absolute Gasteiger partial charge is 0.480 e. The van der Waals surface area contributed by atoms with E-state index in [0.717, 1.165) is 37.9 Å². The zero-order valence-electron chi connectivity index (χ0n) is 12.8. The maximum atomic E-state index is 11.4. The molecule has 0 saturated carbocycles. The molecule has 0 aromatic heterocycles. The molecule has 0 heterocycles. The predicted octanol–water partition coefficient (Wildman–Crippen LogP) is 3.56. The number of ether oxygens (including phenoxy) is 2. The normalized spacial score (nSPS) is 10.4. The third-order valence-electron chi connectivity index (χ3n) is 2.86. The highest BCUT2D eigenvalue weighted by Crippen LogP contribution is 2.25. The Labute approximate surface area is 131 Å². The van der Waals surface area contributed by atoms with Crippen molar-refractivity contribution in [2.24, 2.45) is 0 Å². The minimum atomic E-state index is -0.367. The van der Waals surface area contributed by atoms with Gasteiger partial charge in [0.1, 0.15) is 5.75 Å².